The Balaban J connectivity index is 2.71. The first-order chi connectivity index (χ1) is 8.90. The highest BCUT2D eigenvalue weighted by Crippen LogP contribution is 2.14. The lowest BCUT2D eigenvalue weighted by atomic mass is 10.2. The molecule has 0 aromatic heterocycles. The Hall–Kier alpha value is -0.630. The number of sulfonamides is 1. The fraction of sp³-hybridized carbons (Fsp3) is 0.417. The highest BCUT2D eigenvalue weighted by molar-refractivity contribution is 8.26. The Bertz CT molecular complexity index is 522. The molecule has 0 fully saturated rings. The predicted octanol–water partition coefficient (Wildman–Crippen LogP) is 2.55. The molecule has 1 rings (SSSR count). The van der Waals surface area contributed by atoms with Crippen LogP contribution in [0.2, 0.25) is 0 Å². The Morgan fingerprint density at radius 1 is 1.26 bits per heavy atom. The maximum absolute atomic E-state index is 12.0. The summed E-state index contributed by atoms with van der Waals surface area (Å²) in [5.74, 6) is 0. The van der Waals surface area contributed by atoms with Gasteiger partial charge in [0, 0.05) is 25.0 Å². The fourth-order valence-electron chi connectivity index (χ4n) is 1.40. The van der Waals surface area contributed by atoms with E-state index in [0.717, 1.165) is 30.6 Å². The van der Waals surface area contributed by atoms with E-state index in [2.05, 4.69) is 4.13 Å². The molecular weight excluding hydrogens is 300 g/mol. The molecule has 106 valence electrons. The van der Waals surface area contributed by atoms with Gasteiger partial charge in [-0.25, -0.2) is 8.42 Å². The van der Waals surface area contributed by atoms with E-state index in [-0.39, 0.29) is 4.90 Å². The second kappa shape index (κ2) is 7.23. The van der Waals surface area contributed by atoms with Crippen LogP contribution in [-0.4, -0.2) is 30.7 Å². The maximum atomic E-state index is 12.0. The highest BCUT2D eigenvalue weighted by Gasteiger charge is 2.16. The van der Waals surface area contributed by atoms with E-state index in [1.165, 1.54) is 0 Å². The van der Waals surface area contributed by atoms with Gasteiger partial charge in [-0.3, -0.25) is 0 Å². The van der Waals surface area contributed by atoms with Crippen LogP contribution in [0, 0.1) is 6.92 Å². The van der Waals surface area contributed by atoms with Gasteiger partial charge in [-0.1, -0.05) is 29.9 Å². The number of benzene rings is 1. The highest BCUT2D eigenvalue weighted by atomic mass is 32.3. The molecular formula is C12H18N2O2S3. The molecule has 0 amide bonds. The second-order valence-electron chi connectivity index (χ2n) is 3.94. The van der Waals surface area contributed by atoms with E-state index in [9.17, 15) is 8.42 Å². The summed E-state index contributed by atoms with van der Waals surface area (Å²) in [6.45, 7) is 7.38. The predicted molar refractivity (Wildman–Crippen MR) is 84.6 cm³/mol. The standard InChI is InChI=1S/C12H18N2O2S3/c1-4-14(5-2)12(17)18-13-19(15,16)11-8-6-10(3)7-9-11/h6-9,13H,4-5H2,1-3H3. The van der Waals surface area contributed by atoms with Crippen molar-refractivity contribution < 1.29 is 8.42 Å². The Morgan fingerprint density at radius 2 is 1.79 bits per heavy atom. The van der Waals surface area contributed by atoms with Gasteiger partial charge in [-0.15, -0.1) is 4.13 Å². The molecule has 19 heavy (non-hydrogen) atoms. The lowest BCUT2D eigenvalue weighted by molar-refractivity contribution is 0.482. The summed E-state index contributed by atoms with van der Waals surface area (Å²) in [5.41, 5.74) is 1.02. The molecule has 0 saturated heterocycles. The molecule has 7 heteroatoms. The van der Waals surface area contributed by atoms with Crippen LogP contribution in [0.3, 0.4) is 0 Å². The van der Waals surface area contributed by atoms with Gasteiger partial charge in [0.15, 0.2) is 4.32 Å². The Kier molecular flexibility index (Phi) is 6.25. The third kappa shape index (κ3) is 4.76. The molecule has 1 aromatic rings. The van der Waals surface area contributed by atoms with Crippen molar-refractivity contribution in [2.24, 2.45) is 0 Å². The molecule has 0 atom stereocenters. The van der Waals surface area contributed by atoms with E-state index >= 15 is 0 Å². The minimum atomic E-state index is -3.52. The molecule has 0 aliphatic rings. The van der Waals surface area contributed by atoms with Crippen molar-refractivity contribution in [2.45, 2.75) is 25.7 Å². The number of hydrogen-bond donors (Lipinski definition) is 1. The summed E-state index contributed by atoms with van der Waals surface area (Å²) < 4.78 is 27.1. The average Bonchev–Trinajstić information content (AvgIpc) is 2.38. The van der Waals surface area contributed by atoms with Crippen molar-refractivity contribution in [2.75, 3.05) is 13.1 Å². The van der Waals surface area contributed by atoms with Crippen LogP contribution in [0.15, 0.2) is 29.2 Å². The number of aryl methyl sites for hydroxylation is 1. The molecule has 0 bridgehead atoms. The van der Waals surface area contributed by atoms with Crippen LogP contribution >= 0.6 is 24.2 Å². The first-order valence-electron chi connectivity index (χ1n) is 5.95. The minimum absolute atomic E-state index is 0.243. The zero-order valence-electron chi connectivity index (χ0n) is 11.2. The largest absolute Gasteiger partial charge is 0.357 e. The fourth-order valence-corrected chi connectivity index (χ4v) is 3.96. The van der Waals surface area contributed by atoms with Crippen molar-refractivity contribution in [1.29, 1.82) is 0 Å². The summed E-state index contributed by atoms with van der Waals surface area (Å²) >= 11 is 6.13. The molecule has 1 aromatic carbocycles. The van der Waals surface area contributed by atoms with Gasteiger partial charge in [-0.05, 0) is 32.9 Å². The van der Waals surface area contributed by atoms with Crippen LogP contribution in [0.5, 0.6) is 0 Å². The Labute approximate surface area is 124 Å². The van der Waals surface area contributed by atoms with Crippen LogP contribution in [0.4, 0.5) is 0 Å². The van der Waals surface area contributed by atoms with Gasteiger partial charge in [0.1, 0.15) is 0 Å². The average molecular weight is 318 g/mol. The molecule has 0 spiro atoms. The first kappa shape index (κ1) is 16.4. The van der Waals surface area contributed by atoms with Gasteiger partial charge >= 0.3 is 0 Å². The lowest BCUT2D eigenvalue weighted by Gasteiger charge is -2.20. The zero-order valence-corrected chi connectivity index (χ0v) is 13.7. The summed E-state index contributed by atoms with van der Waals surface area (Å²) in [7, 11) is -3.52. The molecule has 0 saturated carbocycles. The summed E-state index contributed by atoms with van der Waals surface area (Å²) in [4.78, 5) is 2.16. The van der Waals surface area contributed by atoms with Gasteiger partial charge in [0.05, 0.1) is 4.90 Å². The van der Waals surface area contributed by atoms with E-state index < -0.39 is 10.0 Å². The molecule has 0 aliphatic carbocycles. The molecule has 0 heterocycles. The first-order valence-corrected chi connectivity index (χ1v) is 8.65. The number of nitrogens with one attached hydrogen (secondary N) is 1. The quantitative estimate of drug-likeness (QED) is 0.668. The van der Waals surface area contributed by atoms with Crippen molar-refractivity contribution >= 4 is 38.5 Å². The molecule has 0 radical (unpaired) electrons. The monoisotopic (exact) mass is 318 g/mol. The van der Waals surface area contributed by atoms with E-state index in [1.54, 1.807) is 24.3 Å². The van der Waals surface area contributed by atoms with Crippen molar-refractivity contribution in [3.05, 3.63) is 29.8 Å². The van der Waals surface area contributed by atoms with Crippen LogP contribution in [-0.2, 0) is 10.0 Å². The topological polar surface area (TPSA) is 49.4 Å². The van der Waals surface area contributed by atoms with Crippen molar-refractivity contribution in [3.8, 4) is 0 Å². The minimum Gasteiger partial charge on any atom is -0.357 e. The second-order valence-corrected chi connectivity index (χ2v) is 7.32. The lowest BCUT2D eigenvalue weighted by Crippen LogP contribution is -2.30. The molecule has 1 N–H and O–H groups in total. The van der Waals surface area contributed by atoms with Gasteiger partial charge in [-0.2, -0.15) is 0 Å². The molecule has 0 unspecified atom stereocenters. The van der Waals surface area contributed by atoms with Crippen LogP contribution < -0.4 is 4.13 Å². The number of thiocarbonyl (C=S) groups is 1. The third-order valence-electron chi connectivity index (χ3n) is 2.59. The normalized spacial score (nSPS) is 11.3. The van der Waals surface area contributed by atoms with Crippen LogP contribution in [0.1, 0.15) is 19.4 Å². The van der Waals surface area contributed by atoms with E-state index in [0.29, 0.717) is 4.32 Å². The van der Waals surface area contributed by atoms with Gasteiger partial charge in [0.2, 0.25) is 10.0 Å². The maximum Gasteiger partial charge on any atom is 0.250 e. The van der Waals surface area contributed by atoms with E-state index in [4.69, 9.17) is 12.2 Å². The number of rotatable bonds is 5. The number of nitrogens with zero attached hydrogens (tertiary/aromatic N) is 1. The molecule has 4 nitrogen and oxygen atoms in total. The van der Waals surface area contributed by atoms with Crippen molar-refractivity contribution in [1.82, 2.24) is 9.03 Å². The Morgan fingerprint density at radius 3 is 2.26 bits per heavy atom. The van der Waals surface area contributed by atoms with Crippen molar-refractivity contribution in [3.63, 3.8) is 0 Å². The van der Waals surface area contributed by atoms with E-state index in [1.807, 2.05) is 25.7 Å². The summed E-state index contributed by atoms with van der Waals surface area (Å²) in [5, 5.41) is 0. The van der Waals surface area contributed by atoms with Gasteiger partial charge < -0.3 is 4.90 Å². The third-order valence-corrected chi connectivity index (χ3v) is 5.64. The van der Waals surface area contributed by atoms with Crippen LogP contribution in [0.25, 0.3) is 0 Å². The summed E-state index contributed by atoms with van der Waals surface area (Å²) in [6, 6.07) is 6.70. The summed E-state index contributed by atoms with van der Waals surface area (Å²) in [6.07, 6.45) is 0. The smallest absolute Gasteiger partial charge is 0.250 e. The zero-order chi connectivity index (χ0) is 14.5. The number of hydrogen-bond acceptors (Lipinski definition) is 4. The molecule has 0 aliphatic heterocycles. The van der Waals surface area contributed by atoms with Gasteiger partial charge in [0.25, 0.3) is 0 Å². The SMILES string of the molecule is CCN(CC)C(=S)SNS(=O)(=O)c1ccc(C)cc1.